The second-order valence-electron chi connectivity index (χ2n) is 6.50. The van der Waals surface area contributed by atoms with E-state index in [2.05, 4.69) is 0 Å². The first-order chi connectivity index (χ1) is 13.1. The SMILES string of the molecule is Cc1oc(C(=O)N(Cc2ccco2)CC(F)(F)F)cc1S(=O)(=O)N1CCCC1. The second-order valence-corrected chi connectivity index (χ2v) is 8.40. The quantitative estimate of drug-likeness (QED) is 0.717. The minimum atomic E-state index is -4.64. The van der Waals surface area contributed by atoms with Crippen molar-refractivity contribution in [2.75, 3.05) is 19.6 Å². The van der Waals surface area contributed by atoms with E-state index in [0.29, 0.717) is 18.0 Å². The van der Waals surface area contributed by atoms with Crippen LogP contribution in [-0.2, 0) is 16.6 Å². The molecule has 0 bridgehead atoms. The smallest absolute Gasteiger partial charge is 0.406 e. The zero-order chi connectivity index (χ0) is 20.5. The molecule has 2 aromatic rings. The third-order valence-electron chi connectivity index (χ3n) is 4.35. The van der Waals surface area contributed by atoms with Gasteiger partial charge in [0.05, 0.1) is 12.8 Å². The Morgan fingerprint density at radius 3 is 2.54 bits per heavy atom. The lowest BCUT2D eigenvalue weighted by Gasteiger charge is -2.21. The number of carbonyl (C=O) groups is 1. The Morgan fingerprint density at radius 2 is 1.96 bits per heavy atom. The maximum atomic E-state index is 12.9. The number of sulfonamides is 1. The third-order valence-corrected chi connectivity index (χ3v) is 6.36. The lowest BCUT2D eigenvalue weighted by atomic mass is 10.3. The highest BCUT2D eigenvalue weighted by atomic mass is 32.2. The Morgan fingerprint density at radius 1 is 1.29 bits per heavy atom. The number of hydrogen-bond acceptors (Lipinski definition) is 5. The summed E-state index contributed by atoms with van der Waals surface area (Å²) < 4.78 is 75.7. The third kappa shape index (κ3) is 4.41. The molecule has 7 nitrogen and oxygen atoms in total. The van der Waals surface area contributed by atoms with Crippen molar-refractivity contribution >= 4 is 15.9 Å². The molecule has 3 rings (SSSR count). The average molecular weight is 420 g/mol. The van der Waals surface area contributed by atoms with Gasteiger partial charge in [0, 0.05) is 19.2 Å². The van der Waals surface area contributed by atoms with Crippen LogP contribution in [0.15, 0.2) is 38.2 Å². The summed E-state index contributed by atoms with van der Waals surface area (Å²) in [5.74, 6) is -1.42. The van der Waals surface area contributed by atoms with E-state index >= 15 is 0 Å². The maximum Gasteiger partial charge on any atom is 0.406 e. The standard InChI is InChI=1S/C17H19F3N2O5S/c1-12-15(28(24,25)22-6-2-3-7-22)9-14(27-12)16(23)21(11-17(18,19)20)10-13-5-4-8-26-13/h4-5,8-9H,2-3,6-7,10-11H2,1H3. The number of nitrogens with zero attached hydrogens (tertiary/aromatic N) is 2. The Balaban J connectivity index is 1.89. The minimum absolute atomic E-state index is 0.0415. The Labute approximate surface area is 159 Å². The van der Waals surface area contributed by atoms with E-state index in [1.807, 2.05) is 0 Å². The first kappa shape index (κ1) is 20.5. The molecule has 28 heavy (non-hydrogen) atoms. The fourth-order valence-corrected chi connectivity index (χ4v) is 4.73. The minimum Gasteiger partial charge on any atom is -0.467 e. The van der Waals surface area contributed by atoms with Crippen LogP contribution in [0.25, 0.3) is 0 Å². The van der Waals surface area contributed by atoms with Crippen LogP contribution < -0.4 is 0 Å². The first-order valence-electron chi connectivity index (χ1n) is 8.57. The summed E-state index contributed by atoms with van der Waals surface area (Å²) in [5.41, 5.74) is 0. The molecule has 0 unspecified atom stereocenters. The van der Waals surface area contributed by atoms with Gasteiger partial charge in [-0.05, 0) is 31.9 Å². The number of amides is 1. The fraction of sp³-hybridized carbons (Fsp3) is 0.471. The highest BCUT2D eigenvalue weighted by Gasteiger charge is 2.37. The molecule has 0 radical (unpaired) electrons. The van der Waals surface area contributed by atoms with Gasteiger partial charge in [0.1, 0.15) is 23.0 Å². The molecule has 3 heterocycles. The molecule has 0 spiro atoms. The van der Waals surface area contributed by atoms with Crippen LogP contribution in [0, 0.1) is 6.92 Å². The number of carbonyl (C=O) groups excluding carboxylic acids is 1. The molecule has 1 amide bonds. The van der Waals surface area contributed by atoms with Crippen LogP contribution in [0.1, 0.15) is 34.9 Å². The van der Waals surface area contributed by atoms with Crippen LogP contribution in [0.5, 0.6) is 0 Å². The lowest BCUT2D eigenvalue weighted by Crippen LogP contribution is -2.38. The summed E-state index contributed by atoms with van der Waals surface area (Å²) in [6.07, 6.45) is -1.91. The van der Waals surface area contributed by atoms with Crippen molar-refractivity contribution in [1.29, 1.82) is 0 Å². The van der Waals surface area contributed by atoms with E-state index in [4.69, 9.17) is 8.83 Å². The van der Waals surface area contributed by atoms with E-state index in [-0.39, 0.29) is 16.4 Å². The molecular formula is C17H19F3N2O5S. The molecule has 0 saturated carbocycles. The van der Waals surface area contributed by atoms with Gasteiger partial charge < -0.3 is 13.7 Å². The van der Waals surface area contributed by atoms with Gasteiger partial charge in [-0.1, -0.05) is 0 Å². The monoisotopic (exact) mass is 420 g/mol. The Hall–Kier alpha value is -2.27. The summed E-state index contributed by atoms with van der Waals surface area (Å²) in [5, 5.41) is 0. The van der Waals surface area contributed by atoms with Crippen LogP contribution in [-0.4, -0.2) is 49.3 Å². The number of aryl methyl sites for hydroxylation is 1. The maximum absolute atomic E-state index is 12.9. The largest absolute Gasteiger partial charge is 0.467 e. The summed E-state index contributed by atoms with van der Waals surface area (Å²) in [6.45, 7) is 0.115. The number of furan rings is 2. The van der Waals surface area contributed by atoms with Crippen LogP contribution >= 0.6 is 0 Å². The highest BCUT2D eigenvalue weighted by Crippen LogP contribution is 2.28. The van der Waals surface area contributed by atoms with E-state index in [1.54, 1.807) is 0 Å². The zero-order valence-corrected chi connectivity index (χ0v) is 15.8. The topological polar surface area (TPSA) is 84.0 Å². The summed E-state index contributed by atoms with van der Waals surface area (Å²) in [6, 6.07) is 3.92. The highest BCUT2D eigenvalue weighted by molar-refractivity contribution is 7.89. The van der Waals surface area contributed by atoms with Gasteiger partial charge in [-0.25, -0.2) is 8.42 Å². The predicted octanol–water partition coefficient (Wildman–Crippen LogP) is 3.17. The number of alkyl halides is 3. The molecule has 154 valence electrons. The molecule has 1 saturated heterocycles. The summed E-state index contributed by atoms with van der Waals surface area (Å²) in [7, 11) is -3.86. The number of hydrogen-bond donors (Lipinski definition) is 0. The van der Waals surface area contributed by atoms with Crippen LogP contribution in [0.4, 0.5) is 13.2 Å². The Bertz CT molecular complexity index is 929. The number of halogens is 3. The normalized spacial score (nSPS) is 15.9. The van der Waals surface area contributed by atoms with E-state index in [9.17, 15) is 26.4 Å². The van der Waals surface area contributed by atoms with E-state index in [0.717, 1.165) is 18.9 Å². The van der Waals surface area contributed by atoms with Crippen molar-refractivity contribution in [3.63, 3.8) is 0 Å². The molecular weight excluding hydrogens is 401 g/mol. The van der Waals surface area contributed by atoms with E-state index in [1.165, 1.54) is 29.6 Å². The van der Waals surface area contributed by atoms with Gasteiger partial charge in [-0.15, -0.1) is 0 Å². The van der Waals surface area contributed by atoms with E-state index < -0.39 is 41.0 Å². The second kappa shape index (κ2) is 7.63. The molecule has 1 aliphatic heterocycles. The molecule has 11 heteroatoms. The Kier molecular flexibility index (Phi) is 5.57. The summed E-state index contributed by atoms with van der Waals surface area (Å²) >= 11 is 0. The molecule has 0 aromatic carbocycles. The average Bonchev–Trinajstić information content (AvgIpc) is 3.34. The van der Waals surface area contributed by atoms with Gasteiger partial charge in [-0.2, -0.15) is 17.5 Å². The van der Waals surface area contributed by atoms with Gasteiger partial charge in [0.25, 0.3) is 5.91 Å². The van der Waals surface area contributed by atoms with Crippen molar-refractivity contribution < 1.29 is 35.2 Å². The molecule has 2 aromatic heterocycles. The first-order valence-corrected chi connectivity index (χ1v) is 10.0. The van der Waals surface area contributed by atoms with Crippen molar-refractivity contribution in [3.8, 4) is 0 Å². The molecule has 1 fully saturated rings. The van der Waals surface area contributed by atoms with Gasteiger partial charge in [0.15, 0.2) is 5.76 Å². The number of rotatable bonds is 6. The molecule has 0 atom stereocenters. The van der Waals surface area contributed by atoms with Gasteiger partial charge in [-0.3, -0.25) is 4.79 Å². The van der Waals surface area contributed by atoms with Crippen molar-refractivity contribution in [2.24, 2.45) is 0 Å². The summed E-state index contributed by atoms with van der Waals surface area (Å²) in [4.78, 5) is 12.9. The zero-order valence-electron chi connectivity index (χ0n) is 15.0. The van der Waals surface area contributed by atoms with Crippen molar-refractivity contribution in [3.05, 3.63) is 41.7 Å². The lowest BCUT2D eigenvalue weighted by molar-refractivity contribution is -0.142. The van der Waals surface area contributed by atoms with Gasteiger partial charge in [0.2, 0.25) is 10.0 Å². The molecule has 0 N–H and O–H groups in total. The molecule has 1 aliphatic rings. The molecule has 0 aliphatic carbocycles. The van der Waals surface area contributed by atoms with Crippen molar-refractivity contribution in [2.45, 2.75) is 37.4 Å². The fourth-order valence-electron chi connectivity index (χ4n) is 3.06. The van der Waals surface area contributed by atoms with Crippen LogP contribution in [0.3, 0.4) is 0 Å². The van der Waals surface area contributed by atoms with Crippen LogP contribution in [0.2, 0.25) is 0 Å². The van der Waals surface area contributed by atoms with Gasteiger partial charge >= 0.3 is 6.18 Å². The van der Waals surface area contributed by atoms with Crippen molar-refractivity contribution in [1.82, 2.24) is 9.21 Å². The predicted molar refractivity (Wildman–Crippen MR) is 90.9 cm³/mol.